The van der Waals surface area contributed by atoms with Gasteiger partial charge < -0.3 is 15.1 Å². The molecule has 0 atom stereocenters. The number of rotatable bonds is 14. The van der Waals surface area contributed by atoms with Crippen LogP contribution in [0.2, 0.25) is 0 Å². The van der Waals surface area contributed by atoms with Crippen LogP contribution in [-0.4, -0.2) is 69.5 Å². The molecule has 2 aromatic heterocycles. The van der Waals surface area contributed by atoms with Gasteiger partial charge in [0.05, 0.1) is 0 Å². The largest absolute Gasteiger partial charge is 0.352 e. The number of nitrogens with zero attached hydrogens (tertiary/aromatic N) is 5. The van der Waals surface area contributed by atoms with Gasteiger partial charge in [0.1, 0.15) is 11.2 Å². The van der Waals surface area contributed by atoms with E-state index in [1.165, 1.54) is 32.4 Å². The number of likely N-dealkylation sites (tertiary alicyclic amines) is 1. The van der Waals surface area contributed by atoms with E-state index in [2.05, 4.69) is 35.2 Å². The Bertz CT molecular complexity index is 923. The van der Waals surface area contributed by atoms with Crippen molar-refractivity contribution in [3.05, 3.63) is 30.0 Å². The second-order valence-electron chi connectivity index (χ2n) is 9.69. The van der Waals surface area contributed by atoms with Crippen molar-refractivity contribution in [2.45, 2.75) is 78.7 Å². The van der Waals surface area contributed by atoms with Crippen LogP contribution >= 0.6 is 0 Å². The Balaban J connectivity index is 1.83. The standard InChI is InChI=1S/C27H44N6O/c1-5-7-18-32(19-8-6-2)26(34)24-14-13-23-25(29-24)33(27(30-23)28-21-22(3)4)20-12-17-31-15-10-9-11-16-31/h13-14H,3,5-12,15-21H2,1-2,4H3,(H,28,30). The minimum Gasteiger partial charge on any atom is -0.352 e. The Labute approximate surface area is 205 Å². The lowest BCUT2D eigenvalue weighted by Gasteiger charge is -2.26. The molecule has 0 saturated carbocycles. The highest BCUT2D eigenvalue weighted by molar-refractivity contribution is 5.94. The molecule has 1 aliphatic rings. The van der Waals surface area contributed by atoms with Crippen molar-refractivity contribution >= 4 is 23.0 Å². The molecule has 1 fully saturated rings. The van der Waals surface area contributed by atoms with Crippen molar-refractivity contribution in [2.24, 2.45) is 0 Å². The highest BCUT2D eigenvalue weighted by Gasteiger charge is 2.20. The number of imidazole rings is 1. The van der Waals surface area contributed by atoms with Crippen LogP contribution in [0, 0.1) is 0 Å². The number of hydrogen-bond donors (Lipinski definition) is 1. The van der Waals surface area contributed by atoms with E-state index in [9.17, 15) is 4.79 Å². The van der Waals surface area contributed by atoms with Gasteiger partial charge in [0.15, 0.2) is 5.65 Å². The van der Waals surface area contributed by atoms with Gasteiger partial charge in [0.25, 0.3) is 5.91 Å². The summed E-state index contributed by atoms with van der Waals surface area (Å²) in [4.78, 5) is 27.5. The molecule has 7 nitrogen and oxygen atoms in total. The number of aryl methyl sites for hydroxylation is 1. The molecule has 3 heterocycles. The predicted molar refractivity (Wildman–Crippen MR) is 141 cm³/mol. The van der Waals surface area contributed by atoms with Gasteiger partial charge in [0, 0.05) is 26.2 Å². The molecule has 1 aliphatic heterocycles. The minimum atomic E-state index is 0.0290. The van der Waals surface area contributed by atoms with Crippen molar-refractivity contribution < 1.29 is 4.79 Å². The molecular weight excluding hydrogens is 424 g/mol. The number of nitrogens with one attached hydrogen (secondary N) is 1. The van der Waals surface area contributed by atoms with Gasteiger partial charge in [-0.2, -0.15) is 0 Å². The van der Waals surface area contributed by atoms with Crippen molar-refractivity contribution in [2.75, 3.05) is 44.6 Å². The molecule has 0 aromatic carbocycles. The maximum Gasteiger partial charge on any atom is 0.272 e. The summed E-state index contributed by atoms with van der Waals surface area (Å²) in [5.74, 6) is 0.837. The number of piperidine rings is 1. The van der Waals surface area contributed by atoms with Gasteiger partial charge in [-0.25, -0.2) is 9.97 Å². The summed E-state index contributed by atoms with van der Waals surface area (Å²) in [7, 11) is 0. The first kappa shape index (κ1) is 26.2. The second-order valence-corrected chi connectivity index (χ2v) is 9.69. The third-order valence-corrected chi connectivity index (χ3v) is 6.51. The van der Waals surface area contributed by atoms with E-state index < -0.39 is 0 Å². The first-order chi connectivity index (χ1) is 16.5. The smallest absolute Gasteiger partial charge is 0.272 e. The summed E-state index contributed by atoms with van der Waals surface area (Å²) >= 11 is 0. The van der Waals surface area contributed by atoms with Crippen LogP contribution in [0.1, 0.15) is 82.6 Å². The van der Waals surface area contributed by atoms with E-state index in [1.54, 1.807) is 0 Å². The molecule has 1 saturated heterocycles. The number of fused-ring (bicyclic) bond motifs is 1. The van der Waals surface area contributed by atoms with E-state index in [1.807, 2.05) is 24.0 Å². The van der Waals surface area contributed by atoms with Gasteiger partial charge in [-0.05, 0) is 70.8 Å². The molecule has 7 heteroatoms. The first-order valence-corrected chi connectivity index (χ1v) is 13.3. The van der Waals surface area contributed by atoms with Crippen LogP contribution in [0.4, 0.5) is 5.95 Å². The zero-order valence-electron chi connectivity index (χ0n) is 21.6. The number of aromatic nitrogens is 3. The quantitative estimate of drug-likeness (QED) is 0.379. The summed E-state index contributed by atoms with van der Waals surface area (Å²) < 4.78 is 2.15. The number of hydrogen-bond acceptors (Lipinski definition) is 5. The van der Waals surface area contributed by atoms with Crippen LogP contribution in [-0.2, 0) is 6.54 Å². The van der Waals surface area contributed by atoms with Crippen LogP contribution in [0.3, 0.4) is 0 Å². The Morgan fingerprint density at radius 3 is 2.38 bits per heavy atom. The second kappa shape index (κ2) is 13.5. The average Bonchev–Trinajstić information content (AvgIpc) is 3.20. The molecule has 0 bridgehead atoms. The average molecular weight is 469 g/mol. The molecule has 0 spiro atoms. The molecule has 0 radical (unpaired) electrons. The van der Waals surface area contributed by atoms with Crippen molar-refractivity contribution in [1.29, 1.82) is 0 Å². The monoisotopic (exact) mass is 468 g/mol. The zero-order valence-corrected chi connectivity index (χ0v) is 21.6. The van der Waals surface area contributed by atoms with E-state index in [0.717, 1.165) is 81.0 Å². The summed E-state index contributed by atoms with van der Waals surface area (Å²) in [5, 5.41) is 3.42. The van der Waals surface area contributed by atoms with E-state index in [0.29, 0.717) is 12.2 Å². The first-order valence-electron chi connectivity index (χ1n) is 13.3. The van der Waals surface area contributed by atoms with Gasteiger partial charge in [0.2, 0.25) is 5.95 Å². The fourth-order valence-electron chi connectivity index (χ4n) is 4.51. The third kappa shape index (κ3) is 7.29. The Hall–Kier alpha value is -2.41. The van der Waals surface area contributed by atoms with Crippen LogP contribution in [0.15, 0.2) is 24.3 Å². The number of carbonyl (C=O) groups excluding carboxylic acids is 1. The van der Waals surface area contributed by atoms with Crippen LogP contribution < -0.4 is 5.32 Å². The van der Waals surface area contributed by atoms with E-state index >= 15 is 0 Å². The maximum atomic E-state index is 13.4. The minimum absolute atomic E-state index is 0.0290. The highest BCUT2D eigenvalue weighted by Crippen LogP contribution is 2.21. The van der Waals surface area contributed by atoms with E-state index in [-0.39, 0.29) is 5.91 Å². The lowest BCUT2D eigenvalue weighted by molar-refractivity contribution is 0.0745. The molecule has 0 unspecified atom stereocenters. The van der Waals surface area contributed by atoms with Crippen molar-refractivity contribution in [3.63, 3.8) is 0 Å². The molecule has 3 rings (SSSR count). The topological polar surface area (TPSA) is 66.3 Å². The third-order valence-electron chi connectivity index (χ3n) is 6.51. The zero-order chi connectivity index (χ0) is 24.3. The summed E-state index contributed by atoms with van der Waals surface area (Å²) in [6, 6.07) is 3.78. The highest BCUT2D eigenvalue weighted by atomic mass is 16.2. The number of amides is 1. The number of anilines is 1. The van der Waals surface area contributed by atoms with Gasteiger partial charge in [-0.15, -0.1) is 0 Å². The Morgan fingerprint density at radius 2 is 1.74 bits per heavy atom. The van der Waals surface area contributed by atoms with E-state index in [4.69, 9.17) is 9.97 Å². The Kier molecular flexibility index (Phi) is 10.4. The van der Waals surface area contributed by atoms with Crippen molar-refractivity contribution in [1.82, 2.24) is 24.3 Å². The normalized spacial score (nSPS) is 14.4. The molecule has 2 aromatic rings. The van der Waals surface area contributed by atoms with Crippen molar-refractivity contribution in [3.8, 4) is 0 Å². The Morgan fingerprint density at radius 1 is 1.03 bits per heavy atom. The summed E-state index contributed by atoms with van der Waals surface area (Å²) in [6.45, 7) is 16.9. The summed E-state index contributed by atoms with van der Waals surface area (Å²) in [6.07, 6.45) is 9.17. The molecule has 188 valence electrons. The fourth-order valence-corrected chi connectivity index (χ4v) is 4.51. The molecule has 1 amide bonds. The maximum absolute atomic E-state index is 13.4. The number of carbonyl (C=O) groups is 1. The number of pyridine rings is 1. The lowest BCUT2D eigenvalue weighted by Crippen LogP contribution is -2.33. The van der Waals surface area contributed by atoms with Crippen LogP contribution in [0.5, 0.6) is 0 Å². The van der Waals surface area contributed by atoms with Gasteiger partial charge in [-0.1, -0.05) is 45.3 Å². The predicted octanol–water partition coefficient (Wildman–Crippen LogP) is 5.34. The molecule has 34 heavy (non-hydrogen) atoms. The lowest BCUT2D eigenvalue weighted by atomic mass is 10.1. The SMILES string of the molecule is C=C(C)CNc1nc2ccc(C(=O)N(CCCC)CCCC)nc2n1CCCN1CCCCC1. The van der Waals surface area contributed by atoms with Gasteiger partial charge in [-0.3, -0.25) is 9.36 Å². The van der Waals surface area contributed by atoms with Crippen LogP contribution in [0.25, 0.3) is 11.2 Å². The summed E-state index contributed by atoms with van der Waals surface area (Å²) in [5.41, 5.74) is 3.19. The molecule has 1 N–H and O–H groups in total. The fraction of sp³-hybridized carbons (Fsp3) is 0.667. The van der Waals surface area contributed by atoms with Gasteiger partial charge >= 0.3 is 0 Å². The number of unbranched alkanes of at least 4 members (excludes halogenated alkanes) is 2. The molecule has 0 aliphatic carbocycles. The molecular formula is C27H44N6O.